The Balaban J connectivity index is 1.87. The van der Waals surface area contributed by atoms with Crippen LogP contribution in [0.4, 0.5) is 0 Å². The van der Waals surface area contributed by atoms with Crippen molar-refractivity contribution in [1.29, 1.82) is 0 Å². The minimum atomic E-state index is -3.86. The zero-order valence-corrected chi connectivity index (χ0v) is 20.6. The number of rotatable bonds is 10. The molecule has 178 valence electrons. The van der Waals surface area contributed by atoms with Crippen molar-refractivity contribution in [2.24, 2.45) is 5.14 Å². The topological polar surface area (TPSA) is 146 Å². The van der Waals surface area contributed by atoms with E-state index in [-0.39, 0.29) is 11.6 Å². The zero-order chi connectivity index (χ0) is 24.2. The first-order chi connectivity index (χ1) is 15.5. The van der Waals surface area contributed by atoms with Gasteiger partial charge >= 0.3 is 0 Å². The van der Waals surface area contributed by atoms with E-state index in [1.54, 1.807) is 6.07 Å². The fraction of sp³-hybridized carbons (Fsp3) is 0.333. The van der Waals surface area contributed by atoms with Crippen LogP contribution in [0.2, 0.25) is 0 Å². The van der Waals surface area contributed by atoms with Crippen molar-refractivity contribution in [2.45, 2.75) is 18.6 Å². The number of sulfone groups is 1. The number of primary sulfonamides is 1. The molecule has 3 N–H and O–H groups in total. The molecular formula is C21H25N3O6S3. The average Bonchev–Trinajstić information content (AvgIpc) is 3.13. The lowest BCUT2D eigenvalue weighted by atomic mass is 10.1. The molecule has 0 fully saturated rings. The number of hydrogen-bond donors (Lipinski definition) is 2. The van der Waals surface area contributed by atoms with Crippen LogP contribution in [0.15, 0.2) is 42.5 Å². The van der Waals surface area contributed by atoms with E-state index >= 15 is 0 Å². The standard InChI is InChI=1S/C21H25N3O6S3/c1-3-11-30-16-7-4-14(5-8-16)15-6-9-17-18(13-15)31-21(24-17)19(32(2,26)27)20(25)23-10-12-33(22,28)29/h4-9,13,19H,3,10-12H2,1-2H3,(H,23,25)(H2,22,28,29). The van der Waals surface area contributed by atoms with Gasteiger partial charge in [0.15, 0.2) is 15.1 Å². The Hall–Kier alpha value is -2.54. The molecular weight excluding hydrogens is 486 g/mol. The van der Waals surface area contributed by atoms with Gasteiger partial charge < -0.3 is 10.1 Å². The normalized spacial score (nSPS) is 13.1. The molecule has 0 aliphatic heterocycles. The Kier molecular flexibility index (Phi) is 7.73. The molecule has 1 atom stereocenters. The number of nitrogens with zero attached hydrogens (tertiary/aromatic N) is 1. The number of benzene rings is 2. The highest BCUT2D eigenvalue weighted by Gasteiger charge is 2.34. The Morgan fingerprint density at radius 1 is 1.12 bits per heavy atom. The third-order valence-electron chi connectivity index (χ3n) is 4.64. The lowest BCUT2D eigenvalue weighted by Gasteiger charge is -2.12. The summed E-state index contributed by atoms with van der Waals surface area (Å²) in [4.78, 5) is 16.9. The molecule has 0 saturated heterocycles. The number of aromatic nitrogens is 1. The number of hydrogen-bond acceptors (Lipinski definition) is 8. The quantitative estimate of drug-likeness (QED) is 0.424. The van der Waals surface area contributed by atoms with Crippen molar-refractivity contribution in [2.75, 3.05) is 25.2 Å². The minimum Gasteiger partial charge on any atom is -0.494 e. The third kappa shape index (κ3) is 6.73. The van der Waals surface area contributed by atoms with Crippen LogP contribution >= 0.6 is 11.3 Å². The summed E-state index contributed by atoms with van der Waals surface area (Å²) in [6, 6.07) is 13.2. The summed E-state index contributed by atoms with van der Waals surface area (Å²) < 4.78 is 53.2. The second-order valence-corrected chi connectivity index (χ2v) is 12.4. The predicted octanol–water partition coefficient (Wildman–Crippen LogP) is 2.24. The molecule has 12 heteroatoms. The van der Waals surface area contributed by atoms with Crippen LogP contribution in [0.5, 0.6) is 5.75 Å². The molecule has 1 amide bonds. The van der Waals surface area contributed by atoms with Crippen molar-refractivity contribution in [3.63, 3.8) is 0 Å². The highest BCUT2D eigenvalue weighted by molar-refractivity contribution is 7.91. The highest BCUT2D eigenvalue weighted by Crippen LogP contribution is 2.33. The molecule has 1 aromatic heterocycles. The second kappa shape index (κ2) is 10.2. The van der Waals surface area contributed by atoms with E-state index < -0.39 is 36.8 Å². The zero-order valence-electron chi connectivity index (χ0n) is 18.1. The van der Waals surface area contributed by atoms with Gasteiger partial charge in [-0.3, -0.25) is 4.79 Å². The Morgan fingerprint density at radius 3 is 2.39 bits per heavy atom. The van der Waals surface area contributed by atoms with Crippen LogP contribution in [0, 0.1) is 0 Å². The highest BCUT2D eigenvalue weighted by atomic mass is 32.2. The fourth-order valence-electron chi connectivity index (χ4n) is 3.10. The summed E-state index contributed by atoms with van der Waals surface area (Å²) in [5.41, 5.74) is 2.43. The van der Waals surface area contributed by atoms with Crippen molar-refractivity contribution in [1.82, 2.24) is 10.3 Å². The van der Waals surface area contributed by atoms with Gasteiger partial charge in [0.1, 0.15) is 10.8 Å². The van der Waals surface area contributed by atoms with Gasteiger partial charge in [-0.15, -0.1) is 11.3 Å². The maximum atomic E-state index is 12.6. The third-order valence-corrected chi connectivity index (χ3v) is 7.94. The molecule has 1 heterocycles. The number of sulfonamides is 1. The van der Waals surface area contributed by atoms with Crippen molar-refractivity contribution < 1.29 is 26.4 Å². The number of thiazole rings is 1. The SMILES string of the molecule is CCCOc1ccc(-c2ccc3nc(C(C(=O)NCCS(N)(=O)=O)S(C)(=O)=O)sc3c2)cc1. The van der Waals surface area contributed by atoms with Crippen LogP contribution in [-0.4, -0.2) is 52.9 Å². The number of ether oxygens (including phenoxy) is 1. The van der Waals surface area contributed by atoms with Crippen LogP contribution in [0.3, 0.4) is 0 Å². The molecule has 9 nitrogen and oxygen atoms in total. The largest absolute Gasteiger partial charge is 0.494 e. The molecule has 0 aliphatic rings. The summed E-state index contributed by atoms with van der Waals surface area (Å²) in [5.74, 6) is -0.560. The first-order valence-corrected chi connectivity index (χ1v) is 14.6. The smallest absolute Gasteiger partial charge is 0.245 e. The summed E-state index contributed by atoms with van der Waals surface area (Å²) in [6.07, 6.45) is 1.86. The van der Waals surface area contributed by atoms with Gasteiger partial charge in [0.25, 0.3) is 0 Å². The predicted molar refractivity (Wildman–Crippen MR) is 129 cm³/mol. The number of nitrogens with one attached hydrogen (secondary N) is 1. The molecule has 3 rings (SSSR count). The van der Waals surface area contributed by atoms with Gasteiger partial charge in [0.2, 0.25) is 15.9 Å². The van der Waals surface area contributed by atoms with Gasteiger partial charge in [0, 0.05) is 12.8 Å². The van der Waals surface area contributed by atoms with Gasteiger partial charge in [-0.25, -0.2) is 27.0 Å². The lowest BCUT2D eigenvalue weighted by molar-refractivity contribution is -0.120. The van der Waals surface area contributed by atoms with Gasteiger partial charge in [0.05, 0.1) is 22.6 Å². The molecule has 0 aliphatic carbocycles. The molecule has 0 radical (unpaired) electrons. The number of nitrogens with two attached hydrogens (primary N) is 1. The van der Waals surface area contributed by atoms with Crippen molar-refractivity contribution in [3.8, 4) is 16.9 Å². The first-order valence-electron chi connectivity index (χ1n) is 10.1. The Morgan fingerprint density at radius 2 is 1.79 bits per heavy atom. The van der Waals surface area contributed by atoms with E-state index in [1.807, 2.05) is 43.3 Å². The Labute approximate surface area is 197 Å². The van der Waals surface area contributed by atoms with E-state index in [9.17, 15) is 21.6 Å². The molecule has 3 aromatic rings. The minimum absolute atomic E-state index is 0.112. The summed E-state index contributed by atoms with van der Waals surface area (Å²) in [7, 11) is -7.65. The van der Waals surface area contributed by atoms with E-state index in [1.165, 1.54) is 0 Å². The second-order valence-electron chi connectivity index (χ2n) is 7.48. The molecule has 2 aromatic carbocycles. The Bertz CT molecular complexity index is 1350. The van der Waals surface area contributed by atoms with Gasteiger partial charge in [-0.2, -0.15) is 0 Å². The molecule has 0 saturated carbocycles. The van der Waals surface area contributed by atoms with E-state index in [4.69, 9.17) is 9.88 Å². The van der Waals surface area contributed by atoms with Crippen molar-refractivity contribution in [3.05, 3.63) is 47.5 Å². The number of carbonyl (C=O) groups is 1. The molecule has 33 heavy (non-hydrogen) atoms. The van der Waals surface area contributed by atoms with E-state index in [0.717, 1.165) is 45.6 Å². The summed E-state index contributed by atoms with van der Waals surface area (Å²) in [6.45, 7) is 2.39. The fourth-order valence-corrected chi connectivity index (χ4v) is 6.03. The molecule has 1 unspecified atom stereocenters. The average molecular weight is 512 g/mol. The number of carbonyl (C=O) groups excluding carboxylic acids is 1. The van der Waals surface area contributed by atoms with Crippen LogP contribution in [-0.2, 0) is 24.7 Å². The summed E-state index contributed by atoms with van der Waals surface area (Å²) >= 11 is 1.10. The van der Waals surface area contributed by atoms with Crippen LogP contribution < -0.4 is 15.2 Å². The van der Waals surface area contributed by atoms with Crippen LogP contribution in [0.1, 0.15) is 23.6 Å². The van der Waals surface area contributed by atoms with E-state index in [2.05, 4.69) is 10.3 Å². The van der Waals surface area contributed by atoms with Crippen LogP contribution in [0.25, 0.3) is 21.3 Å². The first kappa shape index (κ1) is 25.1. The van der Waals surface area contributed by atoms with Gasteiger partial charge in [-0.1, -0.05) is 25.1 Å². The lowest BCUT2D eigenvalue weighted by Crippen LogP contribution is -2.37. The summed E-state index contributed by atoms with van der Waals surface area (Å²) in [5, 5.41) is 5.81. The maximum Gasteiger partial charge on any atom is 0.245 e. The number of fused-ring (bicyclic) bond motifs is 1. The maximum absolute atomic E-state index is 12.6. The van der Waals surface area contributed by atoms with Gasteiger partial charge in [-0.05, 0) is 41.8 Å². The molecule has 0 spiro atoms. The molecule has 0 bridgehead atoms. The van der Waals surface area contributed by atoms with E-state index in [0.29, 0.717) is 12.1 Å². The monoisotopic (exact) mass is 511 g/mol. The number of amides is 1. The van der Waals surface area contributed by atoms with Crippen molar-refractivity contribution >= 4 is 47.3 Å².